The van der Waals surface area contributed by atoms with Gasteiger partial charge in [0.1, 0.15) is 5.58 Å². The summed E-state index contributed by atoms with van der Waals surface area (Å²) in [6.45, 7) is 2.18. The summed E-state index contributed by atoms with van der Waals surface area (Å²) in [5.74, 6) is 0. The van der Waals surface area contributed by atoms with Crippen molar-refractivity contribution in [3.05, 3.63) is 36.1 Å². The van der Waals surface area contributed by atoms with Crippen LogP contribution in [0, 0.1) is 5.41 Å². The van der Waals surface area contributed by atoms with Crippen molar-refractivity contribution in [2.45, 2.75) is 19.3 Å². The molecule has 1 aromatic heterocycles. The Hall–Kier alpha value is -1.32. The van der Waals surface area contributed by atoms with Gasteiger partial charge in [0.25, 0.3) is 0 Å². The summed E-state index contributed by atoms with van der Waals surface area (Å²) in [5.41, 5.74) is 2.41. The minimum absolute atomic E-state index is 0.193. The summed E-state index contributed by atoms with van der Waals surface area (Å²) in [7, 11) is 0. The zero-order valence-electron chi connectivity index (χ0n) is 10.5. The molecule has 0 bridgehead atoms. The lowest BCUT2D eigenvalue weighted by atomic mass is 10.1. The van der Waals surface area contributed by atoms with Gasteiger partial charge < -0.3 is 14.8 Å². The Morgan fingerprint density at radius 1 is 1.28 bits per heavy atom. The Kier molecular flexibility index (Phi) is 3.10. The smallest absolute Gasteiger partial charge is 0.134 e. The Morgan fingerprint density at radius 3 is 2.89 bits per heavy atom. The van der Waals surface area contributed by atoms with E-state index in [1.165, 1.54) is 10.9 Å². The van der Waals surface area contributed by atoms with Crippen LogP contribution in [0.15, 0.2) is 34.9 Å². The molecular formula is C15H19NO2. The molecule has 1 aliphatic rings. The maximum Gasteiger partial charge on any atom is 0.134 e. The Balaban J connectivity index is 1.54. The van der Waals surface area contributed by atoms with Crippen LogP contribution in [0.5, 0.6) is 0 Å². The van der Waals surface area contributed by atoms with E-state index in [1.54, 1.807) is 0 Å². The lowest BCUT2D eigenvalue weighted by Crippen LogP contribution is -2.28. The van der Waals surface area contributed by atoms with E-state index in [1.807, 2.05) is 24.5 Å². The van der Waals surface area contributed by atoms with Crippen LogP contribution in [-0.2, 0) is 6.42 Å². The van der Waals surface area contributed by atoms with Crippen molar-refractivity contribution in [2.24, 2.45) is 5.41 Å². The quantitative estimate of drug-likeness (QED) is 0.768. The molecule has 96 valence electrons. The number of aliphatic hydroxyl groups is 1. The van der Waals surface area contributed by atoms with Gasteiger partial charge in [0.2, 0.25) is 0 Å². The second kappa shape index (κ2) is 4.75. The second-order valence-electron chi connectivity index (χ2n) is 5.34. The predicted molar refractivity (Wildman–Crippen MR) is 71.5 cm³/mol. The number of benzene rings is 1. The fourth-order valence-electron chi connectivity index (χ4n) is 2.37. The fraction of sp³-hybridized carbons (Fsp3) is 0.467. The summed E-state index contributed by atoms with van der Waals surface area (Å²) < 4.78 is 5.51. The molecule has 3 nitrogen and oxygen atoms in total. The van der Waals surface area contributed by atoms with Gasteiger partial charge in [-0.15, -0.1) is 0 Å². The van der Waals surface area contributed by atoms with Gasteiger partial charge in [0, 0.05) is 24.0 Å². The minimum atomic E-state index is 0.193. The molecule has 0 radical (unpaired) electrons. The van der Waals surface area contributed by atoms with Gasteiger partial charge in [-0.05, 0) is 37.4 Å². The lowest BCUT2D eigenvalue weighted by Gasteiger charge is -2.12. The summed E-state index contributed by atoms with van der Waals surface area (Å²) in [5, 5.41) is 13.9. The van der Waals surface area contributed by atoms with Gasteiger partial charge in [0.15, 0.2) is 0 Å². The van der Waals surface area contributed by atoms with Gasteiger partial charge >= 0.3 is 0 Å². The summed E-state index contributed by atoms with van der Waals surface area (Å²) in [6, 6.07) is 8.13. The van der Waals surface area contributed by atoms with Gasteiger partial charge in [-0.1, -0.05) is 18.2 Å². The number of hydrogen-bond donors (Lipinski definition) is 2. The van der Waals surface area contributed by atoms with Gasteiger partial charge in [-0.2, -0.15) is 0 Å². The van der Waals surface area contributed by atoms with Crippen LogP contribution >= 0.6 is 0 Å². The summed E-state index contributed by atoms with van der Waals surface area (Å²) in [6.07, 6.45) is 5.14. The highest BCUT2D eigenvalue weighted by atomic mass is 16.3. The van der Waals surface area contributed by atoms with E-state index in [9.17, 15) is 5.11 Å². The molecule has 0 atom stereocenters. The van der Waals surface area contributed by atoms with Crippen LogP contribution < -0.4 is 5.32 Å². The number of rotatable bonds is 6. The molecule has 3 rings (SSSR count). The number of fused-ring (bicyclic) bond motifs is 1. The van der Waals surface area contributed by atoms with Crippen LogP contribution in [-0.4, -0.2) is 24.8 Å². The molecular weight excluding hydrogens is 226 g/mol. The minimum Gasteiger partial charge on any atom is -0.464 e. The third-order valence-corrected chi connectivity index (χ3v) is 3.92. The van der Waals surface area contributed by atoms with Crippen molar-refractivity contribution < 1.29 is 9.52 Å². The zero-order valence-corrected chi connectivity index (χ0v) is 10.5. The molecule has 0 aliphatic heterocycles. The zero-order chi connectivity index (χ0) is 12.4. The topological polar surface area (TPSA) is 45.4 Å². The van der Waals surface area contributed by atoms with E-state index in [4.69, 9.17) is 4.42 Å². The SMILES string of the molecule is OCC1(CNCCc2coc3ccccc23)CC1. The average molecular weight is 245 g/mol. The molecule has 1 fully saturated rings. The Bertz CT molecular complexity index is 528. The Morgan fingerprint density at radius 2 is 2.11 bits per heavy atom. The third kappa shape index (κ3) is 2.28. The van der Waals surface area contributed by atoms with E-state index < -0.39 is 0 Å². The molecule has 18 heavy (non-hydrogen) atoms. The Labute approximate surface area is 107 Å². The van der Waals surface area contributed by atoms with E-state index in [0.29, 0.717) is 6.61 Å². The van der Waals surface area contributed by atoms with Gasteiger partial charge in [-0.3, -0.25) is 0 Å². The summed E-state index contributed by atoms with van der Waals surface area (Å²) in [4.78, 5) is 0. The fourth-order valence-corrected chi connectivity index (χ4v) is 2.37. The van der Waals surface area contributed by atoms with E-state index in [-0.39, 0.29) is 5.41 Å². The van der Waals surface area contributed by atoms with Crippen molar-refractivity contribution in [3.63, 3.8) is 0 Å². The van der Waals surface area contributed by atoms with Crippen LogP contribution in [0.1, 0.15) is 18.4 Å². The van der Waals surface area contributed by atoms with E-state index >= 15 is 0 Å². The first-order valence-electron chi connectivity index (χ1n) is 6.60. The number of aliphatic hydroxyl groups excluding tert-OH is 1. The maximum absolute atomic E-state index is 9.23. The maximum atomic E-state index is 9.23. The molecule has 0 unspecified atom stereocenters. The van der Waals surface area contributed by atoms with Crippen molar-refractivity contribution in [2.75, 3.05) is 19.7 Å². The largest absolute Gasteiger partial charge is 0.464 e. The molecule has 2 aromatic rings. The first-order chi connectivity index (χ1) is 8.83. The molecule has 2 N–H and O–H groups in total. The van der Waals surface area contributed by atoms with Crippen molar-refractivity contribution in [1.82, 2.24) is 5.32 Å². The van der Waals surface area contributed by atoms with Crippen molar-refractivity contribution in [3.8, 4) is 0 Å². The first kappa shape index (κ1) is 11.8. The first-order valence-corrected chi connectivity index (χ1v) is 6.60. The van der Waals surface area contributed by atoms with Crippen molar-refractivity contribution in [1.29, 1.82) is 0 Å². The number of nitrogens with one attached hydrogen (secondary N) is 1. The highest BCUT2D eigenvalue weighted by molar-refractivity contribution is 5.80. The van der Waals surface area contributed by atoms with Crippen LogP contribution in [0.3, 0.4) is 0 Å². The molecule has 1 aromatic carbocycles. The molecule has 1 aliphatic carbocycles. The van der Waals surface area contributed by atoms with Crippen LogP contribution in [0.2, 0.25) is 0 Å². The van der Waals surface area contributed by atoms with E-state index in [2.05, 4.69) is 11.4 Å². The highest BCUT2D eigenvalue weighted by Crippen LogP contribution is 2.44. The van der Waals surface area contributed by atoms with Crippen LogP contribution in [0.4, 0.5) is 0 Å². The number of hydrogen-bond acceptors (Lipinski definition) is 3. The van der Waals surface area contributed by atoms with Crippen LogP contribution in [0.25, 0.3) is 11.0 Å². The number of furan rings is 1. The molecule has 1 heterocycles. The van der Waals surface area contributed by atoms with Gasteiger partial charge in [0.05, 0.1) is 6.26 Å². The second-order valence-corrected chi connectivity index (χ2v) is 5.34. The molecule has 0 spiro atoms. The standard InChI is InChI=1S/C15H19NO2/c17-11-15(6-7-15)10-16-8-5-12-9-18-14-4-2-1-3-13(12)14/h1-4,9,16-17H,5-8,10-11H2. The molecule has 3 heteroatoms. The molecule has 1 saturated carbocycles. The van der Waals surface area contributed by atoms with E-state index in [0.717, 1.165) is 37.9 Å². The number of para-hydroxylation sites is 1. The average Bonchev–Trinajstić information content (AvgIpc) is 3.09. The summed E-state index contributed by atoms with van der Waals surface area (Å²) >= 11 is 0. The third-order valence-electron chi connectivity index (χ3n) is 3.92. The van der Waals surface area contributed by atoms with Crippen molar-refractivity contribution >= 4 is 11.0 Å². The predicted octanol–water partition coefficient (Wildman–Crippen LogP) is 2.34. The lowest BCUT2D eigenvalue weighted by molar-refractivity contribution is 0.208. The van der Waals surface area contributed by atoms with Gasteiger partial charge in [-0.25, -0.2) is 0 Å². The normalized spacial score (nSPS) is 17.2. The highest BCUT2D eigenvalue weighted by Gasteiger charge is 2.41. The molecule has 0 saturated heterocycles. The monoisotopic (exact) mass is 245 g/mol. The molecule has 0 amide bonds.